The summed E-state index contributed by atoms with van der Waals surface area (Å²) in [6, 6.07) is 9.20. The van der Waals surface area contributed by atoms with Gasteiger partial charge in [0.05, 0.1) is 29.6 Å². The highest BCUT2D eigenvalue weighted by Crippen LogP contribution is 2.26. The van der Waals surface area contributed by atoms with Crippen LogP contribution < -0.4 is 5.32 Å². The molecule has 0 saturated heterocycles. The van der Waals surface area contributed by atoms with Gasteiger partial charge in [-0.3, -0.25) is 9.48 Å². The molecule has 2 heterocycles. The second-order valence-electron chi connectivity index (χ2n) is 6.37. The average molecular weight is 378 g/mol. The normalized spacial score (nSPS) is 11.5. The molecule has 3 aromatic rings. The summed E-state index contributed by atoms with van der Waals surface area (Å²) in [5.74, 6) is -0.814. The van der Waals surface area contributed by atoms with Gasteiger partial charge in [0.1, 0.15) is 0 Å². The Morgan fingerprint density at radius 3 is 2.71 bits per heavy atom. The molecule has 0 radical (unpaired) electrons. The second-order valence-corrected chi connectivity index (χ2v) is 6.37. The van der Waals surface area contributed by atoms with Crippen LogP contribution >= 0.6 is 0 Å². The van der Waals surface area contributed by atoms with Gasteiger partial charge in [0.25, 0.3) is 5.91 Å². The maximum Gasteiger partial charge on any atom is 0.332 e. The Morgan fingerprint density at radius 2 is 2.04 bits per heavy atom. The van der Waals surface area contributed by atoms with E-state index >= 15 is 0 Å². The molecule has 1 amide bonds. The van der Waals surface area contributed by atoms with Crippen molar-refractivity contribution in [2.75, 3.05) is 6.61 Å². The van der Waals surface area contributed by atoms with Crippen LogP contribution in [0.25, 0.3) is 22.2 Å². The van der Waals surface area contributed by atoms with Gasteiger partial charge in [-0.1, -0.05) is 18.2 Å². The lowest BCUT2D eigenvalue weighted by molar-refractivity contribution is -0.137. The highest BCUT2D eigenvalue weighted by atomic mass is 16.5. The van der Waals surface area contributed by atoms with Gasteiger partial charge in [0, 0.05) is 35.5 Å². The van der Waals surface area contributed by atoms with E-state index in [-0.39, 0.29) is 12.5 Å². The number of para-hydroxylation sites is 1. The van der Waals surface area contributed by atoms with Crippen LogP contribution in [0.15, 0.2) is 48.3 Å². The molecule has 0 spiro atoms. The van der Waals surface area contributed by atoms with Crippen molar-refractivity contribution < 1.29 is 14.3 Å². The molecule has 0 saturated carbocycles. The topological polar surface area (TPSA) is 86.1 Å². The SMILES string of the molecule is CCOC(=O)/C=C(\C)NC(=O)c1cc(-c2cnn(C)c2C)nc2ccccc12. The lowest BCUT2D eigenvalue weighted by Crippen LogP contribution is -2.23. The number of fused-ring (bicyclic) bond motifs is 1. The van der Waals surface area contributed by atoms with Gasteiger partial charge < -0.3 is 10.1 Å². The van der Waals surface area contributed by atoms with Crippen LogP contribution in [0.5, 0.6) is 0 Å². The molecule has 7 heteroatoms. The van der Waals surface area contributed by atoms with Crippen molar-refractivity contribution in [1.29, 1.82) is 0 Å². The van der Waals surface area contributed by atoms with Gasteiger partial charge in [0.15, 0.2) is 0 Å². The van der Waals surface area contributed by atoms with Crippen LogP contribution in [0.3, 0.4) is 0 Å². The van der Waals surface area contributed by atoms with Crippen LogP contribution in [0.1, 0.15) is 29.9 Å². The van der Waals surface area contributed by atoms with E-state index in [0.29, 0.717) is 22.5 Å². The number of aryl methyl sites for hydroxylation is 1. The van der Waals surface area contributed by atoms with Crippen LogP contribution in [-0.2, 0) is 16.6 Å². The molecule has 0 aliphatic carbocycles. The van der Waals surface area contributed by atoms with E-state index in [1.807, 2.05) is 38.2 Å². The first kappa shape index (κ1) is 19.3. The Morgan fingerprint density at radius 1 is 1.29 bits per heavy atom. The van der Waals surface area contributed by atoms with Crippen molar-refractivity contribution in [3.63, 3.8) is 0 Å². The zero-order valence-corrected chi connectivity index (χ0v) is 16.3. The number of ether oxygens (including phenoxy) is 1. The Balaban J connectivity index is 2.03. The minimum Gasteiger partial charge on any atom is -0.463 e. The molecule has 28 heavy (non-hydrogen) atoms. The highest BCUT2D eigenvalue weighted by Gasteiger charge is 2.16. The number of nitrogens with one attached hydrogen (secondary N) is 1. The molecular weight excluding hydrogens is 356 g/mol. The van der Waals surface area contributed by atoms with Gasteiger partial charge >= 0.3 is 5.97 Å². The van der Waals surface area contributed by atoms with Crippen molar-refractivity contribution in [3.8, 4) is 11.3 Å². The first-order valence-electron chi connectivity index (χ1n) is 8.96. The summed E-state index contributed by atoms with van der Waals surface area (Å²) in [7, 11) is 1.86. The van der Waals surface area contributed by atoms with Gasteiger partial charge in [-0.15, -0.1) is 0 Å². The van der Waals surface area contributed by atoms with Crippen LogP contribution in [-0.4, -0.2) is 33.2 Å². The van der Waals surface area contributed by atoms with Crippen molar-refractivity contribution in [2.45, 2.75) is 20.8 Å². The number of aromatic nitrogens is 3. The van der Waals surface area contributed by atoms with E-state index in [0.717, 1.165) is 16.6 Å². The third-order valence-corrected chi connectivity index (χ3v) is 4.40. The van der Waals surface area contributed by atoms with Gasteiger partial charge in [-0.2, -0.15) is 5.10 Å². The molecule has 0 fully saturated rings. The lowest BCUT2D eigenvalue weighted by Gasteiger charge is -2.11. The third-order valence-electron chi connectivity index (χ3n) is 4.40. The Kier molecular flexibility index (Phi) is 5.54. The number of carbonyl (C=O) groups excluding carboxylic acids is 2. The summed E-state index contributed by atoms with van der Waals surface area (Å²) >= 11 is 0. The molecule has 0 aliphatic rings. The Labute approximate surface area is 163 Å². The van der Waals surface area contributed by atoms with Crippen LogP contribution in [0.4, 0.5) is 0 Å². The van der Waals surface area contributed by atoms with Crippen molar-refractivity contribution in [3.05, 3.63) is 59.6 Å². The number of carbonyl (C=O) groups is 2. The maximum absolute atomic E-state index is 12.9. The number of pyridine rings is 1. The Hall–Kier alpha value is -3.48. The summed E-state index contributed by atoms with van der Waals surface area (Å²) in [4.78, 5) is 29.2. The summed E-state index contributed by atoms with van der Waals surface area (Å²) in [6.45, 7) is 5.60. The smallest absolute Gasteiger partial charge is 0.332 e. The number of nitrogens with zero attached hydrogens (tertiary/aromatic N) is 3. The number of amides is 1. The minimum absolute atomic E-state index is 0.277. The van der Waals surface area contributed by atoms with E-state index in [1.165, 1.54) is 6.08 Å². The molecule has 0 atom stereocenters. The molecule has 1 N–H and O–H groups in total. The first-order chi connectivity index (χ1) is 13.4. The molecule has 1 aromatic carbocycles. The number of rotatable bonds is 5. The Bertz CT molecular complexity index is 1080. The van der Waals surface area contributed by atoms with E-state index in [9.17, 15) is 9.59 Å². The van der Waals surface area contributed by atoms with E-state index in [1.54, 1.807) is 30.8 Å². The predicted molar refractivity (Wildman–Crippen MR) is 107 cm³/mol. The fraction of sp³-hybridized carbons (Fsp3) is 0.238. The number of hydrogen-bond acceptors (Lipinski definition) is 5. The summed E-state index contributed by atoms with van der Waals surface area (Å²) in [6.07, 6.45) is 3.00. The molecule has 0 aliphatic heterocycles. The average Bonchev–Trinajstić information content (AvgIpc) is 2.99. The molecular formula is C21H22N4O3. The van der Waals surface area contributed by atoms with Gasteiger partial charge in [-0.05, 0) is 32.9 Å². The van der Waals surface area contributed by atoms with Gasteiger partial charge in [0.2, 0.25) is 0 Å². The molecule has 3 rings (SSSR count). The zero-order valence-electron chi connectivity index (χ0n) is 16.3. The minimum atomic E-state index is -0.494. The van der Waals surface area contributed by atoms with E-state index in [4.69, 9.17) is 9.72 Å². The molecule has 7 nitrogen and oxygen atoms in total. The fourth-order valence-electron chi connectivity index (χ4n) is 2.89. The maximum atomic E-state index is 12.9. The number of benzene rings is 1. The van der Waals surface area contributed by atoms with Gasteiger partial charge in [-0.25, -0.2) is 9.78 Å². The molecule has 0 bridgehead atoms. The largest absolute Gasteiger partial charge is 0.463 e. The number of esters is 1. The predicted octanol–water partition coefficient (Wildman–Crippen LogP) is 3.14. The summed E-state index contributed by atoms with van der Waals surface area (Å²) < 4.78 is 6.64. The monoisotopic (exact) mass is 378 g/mol. The fourth-order valence-corrected chi connectivity index (χ4v) is 2.89. The van der Waals surface area contributed by atoms with Crippen LogP contribution in [0.2, 0.25) is 0 Å². The number of hydrogen-bond donors (Lipinski definition) is 1. The first-order valence-corrected chi connectivity index (χ1v) is 8.96. The van der Waals surface area contributed by atoms with E-state index in [2.05, 4.69) is 10.4 Å². The highest BCUT2D eigenvalue weighted by molar-refractivity contribution is 6.08. The molecule has 0 unspecified atom stereocenters. The standard InChI is InChI=1S/C21H22N4O3/c1-5-28-20(26)10-13(2)23-21(27)16-11-19(17-12-22-25(4)14(17)3)24-18-9-7-6-8-15(16)18/h6-12H,5H2,1-4H3,(H,23,27)/b13-10+. The second kappa shape index (κ2) is 8.04. The van der Waals surface area contributed by atoms with Crippen molar-refractivity contribution >= 4 is 22.8 Å². The quantitative estimate of drug-likeness (QED) is 0.544. The zero-order chi connectivity index (χ0) is 20.3. The molecule has 2 aromatic heterocycles. The van der Waals surface area contributed by atoms with Crippen molar-refractivity contribution in [2.24, 2.45) is 7.05 Å². The van der Waals surface area contributed by atoms with Crippen molar-refractivity contribution in [1.82, 2.24) is 20.1 Å². The lowest BCUT2D eigenvalue weighted by atomic mass is 10.0. The van der Waals surface area contributed by atoms with Crippen LogP contribution in [0, 0.1) is 6.92 Å². The third kappa shape index (κ3) is 3.93. The van der Waals surface area contributed by atoms with E-state index < -0.39 is 5.97 Å². The number of allylic oxidation sites excluding steroid dienone is 1. The summed E-state index contributed by atoms with van der Waals surface area (Å²) in [5.41, 5.74) is 4.07. The molecule has 144 valence electrons. The summed E-state index contributed by atoms with van der Waals surface area (Å²) in [5, 5.41) is 7.74.